The zero-order valence-electron chi connectivity index (χ0n) is 10.3. The summed E-state index contributed by atoms with van der Waals surface area (Å²) < 4.78 is 27.6. The lowest BCUT2D eigenvalue weighted by atomic mass is 9.90. The van der Waals surface area contributed by atoms with E-state index in [0.29, 0.717) is 12.2 Å². The number of sulfone groups is 1. The average Bonchev–Trinajstić information content (AvgIpc) is 2.29. The lowest BCUT2D eigenvalue weighted by Gasteiger charge is -2.18. The van der Waals surface area contributed by atoms with Gasteiger partial charge in [-0.05, 0) is 18.9 Å². The molecule has 0 aliphatic heterocycles. The number of hydrogen-bond acceptors (Lipinski definition) is 4. The second kappa shape index (κ2) is 5.10. The van der Waals surface area contributed by atoms with Crippen molar-refractivity contribution >= 4 is 15.6 Å². The zero-order valence-corrected chi connectivity index (χ0v) is 11.1. The van der Waals surface area contributed by atoms with Crippen molar-refractivity contribution < 1.29 is 17.9 Å². The minimum atomic E-state index is -3.02. The summed E-state index contributed by atoms with van der Waals surface area (Å²) in [6.45, 7) is 0.128. The first-order chi connectivity index (χ1) is 8.47. The maximum absolute atomic E-state index is 11.7. The van der Waals surface area contributed by atoms with Crippen LogP contribution in [0.15, 0.2) is 18.2 Å². The Hall–Kier alpha value is -1.36. The monoisotopic (exact) mass is 268 g/mol. The number of carbonyl (C=O) groups is 1. The van der Waals surface area contributed by atoms with Crippen LogP contribution >= 0.6 is 0 Å². The van der Waals surface area contributed by atoms with Crippen LogP contribution in [-0.2, 0) is 16.3 Å². The summed E-state index contributed by atoms with van der Waals surface area (Å²) in [6, 6.07) is 5.37. The van der Waals surface area contributed by atoms with Crippen molar-refractivity contribution in [1.82, 2.24) is 0 Å². The van der Waals surface area contributed by atoms with Gasteiger partial charge >= 0.3 is 0 Å². The lowest BCUT2D eigenvalue weighted by molar-refractivity contribution is 0.0971. The van der Waals surface area contributed by atoms with Crippen LogP contribution in [0.2, 0.25) is 0 Å². The van der Waals surface area contributed by atoms with E-state index in [1.165, 1.54) is 6.26 Å². The zero-order chi connectivity index (χ0) is 13.2. The lowest BCUT2D eigenvalue weighted by Crippen LogP contribution is -2.15. The normalized spacial score (nSPS) is 15.3. The Bertz CT molecular complexity index is 560. The maximum atomic E-state index is 11.7. The van der Waals surface area contributed by atoms with Crippen LogP contribution in [0, 0.1) is 0 Å². The molecule has 0 aromatic heterocycles. The first kappa shape index (κ1) is 13.1. The molecular formula is C13H16O4S. The van der Waals surface area contributed by atoms with Crippen LogP contribution in [0.25, 0.3) is 0 Å². The van der Waals surface area contributed by atoms with E-state index in [1.54, 1.807) is 18.2 Å². The van der Waals surface area contributed by atoms with E-state index >= 15 is 0 Å². The summed E-state index contributed by atoms with van der Waals surface area (Å²) in [7, 11) is -3.02. The van der Waals surface area contributed by atoms with Crippen LogP contribution in [0.4, 0.5) is 0 Å². The minimum absolute atomic E-state index is 0.00931. The summed E-state index contributed by atoms with van der Waals surface area (Å²) in [4.78, 5) is 11.7. The largest absolute Gasteiger partial charge is 0.492 e. The van der Waals surface area contributed by atoms with Gasteiger partial charge in [-0.1, -0.05) is 12.1 Å². The van der Waals surface area contributed by atoms with Gasteiger partial charge in [0, 0.05) is 23.8 Å². The Kier molecular flexibility index (Phi) is 3.71. The van der Waals surface area contributed by atoms with Crippen molar-refractivity contribution in [3.8, 4) is 5.75 Å². The highest BCUT2D eigenvalue weighted by atomic mass is 32.2. The quantitative estimate of drug-likeness (QED) is 0.832. The molecule has 2 rings (SSSR count). The molecule has 0 heterocycles. The Balaban J connectivity index is 2.14. The number of ketones is 1. The summed E-state index contributed by atoms with van der Waals surface area (Å²) in [5.74, 6) is 0.777. The molecule has 1 aromatic rings. The third kappa shape index (κ3) is 3.10. The molecule has 0 spiro atoms. The van der Waals surface area contributed by atoms with E-state index in [-0.39, 0.29) is 18.1 Å². The topological polar surface area (TPSA) is 60.4 Å². The summed E-state index contributed by atoms with van der Waals surface area (Å²) >= 11 is 0. The molecule has 0 unspecified atom stereocenters. The Morgan fingerprint density at radius 2 is 2.06 bits per heavy atom. The first-order valence-electron chi connectivity index (χ1n) is 5.93. The number of ether oxygens (including phenoxy) is 1. The number of rotatable bonds is 4. The number of carbonyl (C=O) groups excluding carboxylic acids is 1. The maximum Gasteiger partial charge on any atom is 0.163 e. The summed E-state index contributed by atoms with van der Waals surface area (Å²) in [5.41, 5.74) is 1.64. The van der Waals surface area contributed by atoms with Gasteiger partial charge in [-0.2, -0.15) is 0 Å². The molecule has 0 amide bonds. The van der Waals surface area contributed by atoms with Crippen LogP contribution < -0.4 is 4.74 Å². The minimum Gasteiger partial charge on any atom is -0.492 e. The van der Waals surface area contributed by atoms with Crippen molar-refractivity contribution in [3.63, 3.8) is 0 Å². The Morgan fingerprint density at radius 3 is 2.78 bits per heavy atom. The van der Waals surface area contributed by atoms with Crippen molar-refractivity contribution in [2.75, 3.05) is 18.6 Å². The van der Waals surface area contributed by atoms with E-state index < -0.39 is 9.84 Å². The van der Waals surface area contributed by atoms with Gasteiger partial charge in [-0.3, -0.25) is 4.79 Å². The molecule has 0 radical (unpaired) electrons. The molecule has 4 nitrogen and oxygen atoms in total. The van der Waals surface area contributed by atoms with Crippen molar-refractivity contribution in [2.24, 2.45) is 0 Å². The molecule has 0 atom stereocenters. The molecule has 0 fully saturated rings. The fraction of sp³-hybridized carbons (Fsp3) is 0.462. The second-order valence-corrected chi connectivity index (χ2v) is 6.80. The van der Waals surface area contributed by atoms with Gasteiger partial charge in [0.1, 0.15) is 12.4 Å². The molecule has 0 N–H and O–H groups in total. The SMILES string of the molecule is CS(=O)(=O)CCOc1cccc2c1CCCC2=O. The van der Waals surface area contributed by atoms with E-state index in [9.17, 15) is 13.2 Å². The van der Waals surface area contributed by atoms with Gasteiger partial charge in [-0.25, -0.2) is 8.42 Å². The molecule has 0 saturated heterocycles. The van der Waals surface area contributed by atoms with E-state index in [0.717, 1.165) is 24.0 Å². The fourth-order valence-corrected chi connectivity index (χ4v) is 2.47. The number of hydrogen-bond donors (Lipinski definition) is 0. The van der Waals surface area contributed by atoms with Gasteiger partial charge in [0.25, 0.3) is 0 Å². The van der Waals surface area contributed by atoms with E-state index in [2.05, 4.69) is 0 Å². The molecule has 1 aromatic carbocycles. The van der Waals surface area contributed by atoms with Gasteiger partial charge in [0.2, 0.25) is 0 Å². The van der Waals surface area contributed by atoms with Crippen molar-refractivity contribution in [1.29, 1.82) is 0 Å². The highest BCUT2D eigenvalue weighted by Gasteiger charge is 2.20. The van der Waals surface area contributed by atoms with Gasteiger partial charge in [-0.15, -0.1) is 0 Å². The number of Topliss-reactive ketones (excluding diaryl/α,β-unsaturated/α-hetero) is 1. The smallest absolute Gasteiger partial charge is 0.163 e. The van der Waals surface area contributed by atoms with Crippen LogP contribution in [0.1, 0.15) is 28.8 Å². The molecular weight excluding hydrogens is 252 g/mol. The number of benzene rings is 1. The third-order valence-electron chi connectivity index (χ3n) is 2.98. The van der Waals surface area contributed by atoms with Crippen LogP contribution in [0.5, 0.6) is 5.75 Å². The van der Waals surface area contributed by atoms with Gasteiger partial charge in [0.05, 0.1) is 5.75 Å². The van der Waals surface area contributed by atoms with Crippen molar-refractivity contribution in [3.05, 3.63) is 29.3 Å². The molecule has 18 heavy (non-hydrogen) atoms. The van der Waals surface area contributed by atoms with E-state index in [4.69, 9.17) is 4.74 Å². The summed E-state index contributed by atoms with van der Waals surface area (Å²) in [5, 5.41) is 0. The Labute approximate surface area is 107 Å². The molecule has 5 heteroatoms. The van der Waals surface area contributed by atoms with Crippen LogP contribution in [-0.4, -0.2) is 32.8 Å². The highest BCUT2D eigenvalue weighted by molar-refractivity contribution is 7.90. The van der Waals surface area contributed by atoms with Crippen LogP contribution in [0.3, 0.4) is 0 Å². The van der Waals surface area contributed by atoms with Gasteiger partial charge < -0.3 is 4.74 Å². The standard InChI is InChI=1S/C13H16O4S/c1-18(15,16)9-8-17-13-7-3-4-10-11(13)5-2-6-12(10)14/h3-4,7H,2,5-6,8-9H2,1H3. The third-order valence-corrected chi connectivity index (χ3v) is 3.88. The Morgan fingerprint density at radius 1 is 1.28 bits per heavy atom. The summed E-state index contributed by atoms with van der Waals surface area (Å²) in [6.07, 6.45) is 3.41. The number of fused-ring (bicyclic) bond motifs is 1. The molecule has 1 aliphatic carbocycles. The first-order valence-corrected chi connectivity index (χ1v) is 7.99. The van der Waals surface area contributed by atoms with E-state index in [1.807, 2.05) is 0 Å². The molecule has 0 bridgehead atoms. The predicted molar refractivity (Wildman–Crippen MR) is 68.9 cm³/mol. The van der Waals surface area contributed by atoms with Gasteiger partial charge in [0.15, 0.2) is 15.6 Å². The molecule has 1 aliphatic rings. The molecule has 0 saturated carbocycles. The second-order valence-electron chi connectivity index (χ2n) is 4.54. The molecule has 98 valence electrons. The highest BCUT2D eigenvalue weighted by Crippen LogP contribution is 2.29. The fourth-order valence-electron chi connectivity index (χ4n) is 2.08. The predicted octanol–water partition coefficient (Wildman–Crippen LogP) is 1.63. The van der Waals surface area contributed by atoms with Crippen molar-refractivity contribution in [2.45, 2.75) is 19.3 Å². The average molecular weight is 268 g/mol.